The number of hydrogen-bond acceptors (Lipinski definition) is 4. The third-order valence-electron chi connectivity index (χ3n) is 2.47. The van der Waals surface area contributed by atoms with Gasteiger partial charge in [0.1, 0.15) is 9.84 Å². The van der Waals surface area contributed by atoms with E-state index in [2.05, 4.69) is 10.3 Å². The van der Waals surface area contributed by atoms with Gasteiger partial charge in [-0.15, -0.1) is 0 Å². The Balaban J connectivity index is 2.54. The quantitative estimate of drug-likeness (QED) is 0.839. The number of nitrogens with one attached hydrogen (secondary N) is 1. The van der Waals surface area contributed by atoms with Crippen molar-refractivity contribution in [2.24, 2.45) is 0 Å². The SMILES string of the molecule is Cc1ccncc1C(C)NCCS(C)(=O)=O. The van der Waals surface area contributed by atoms with Crippen LogP contribution in [0, 0.1) is 6.92 Å². The Morgan fingerprint density at radius 1 is 1.50 bits per heavy atom. The van der Waals surface area contributed by atoms with E-state index in [0.717, 1.165) is 11.1 Å². The average Bonchev–Trinajstić information content (AvgIpc) is 2.16. The van der Waals surface area contributed by atoms with E-state index >= 15 is 0 Å². The molecule has 1 atom stereocenters. The highest BCUT2D eigenvalue weighted by Crippen LogP contribution is 2.14. The smallest absolute Gasteiger partial charge is 0.148 e. The molecule has 1 N–H and O–H groups in total. The number of hydrogen-bond donors (Lipinski definition) is 1. The summed E-state index contributed by atoms with van der Waals surface area (Å²) >= 11 is 0. The molecule has 4 nitrogen and oxygen atoms in total. The zero-order chi connectivity index (χ0) is 12.2. The minimum atomic E-state index is -2.89. The molecule has 0 saturated heterocycles. The summed E-state index contributed by atoms with van der Waals surface area (Å²) in [5.74, 6) is 0.163. The lowest BCUT2D eigenvalue weighted by Crippen LogP contribution is -2.25. The van der Waals surface area contributed by atoms with Gasteiger partial charge < -0.3 is 5.32 Å². The highest BCUT2D eigenvalue weighted by molar-refractivity contribution is 7.90. The zero-order valence-electron chi connectivity index (χ0n) is 9.90. The molecule has 1 rings (SSSR count). The lowest BCUT2D eigenvalue weighted by molar-refractivity contribution is 0.573. The van der Waals surface area contributed by atoms with Gasteiger partial charge in [-0.3, -0.25) is 4.98 Å². The molecule has 1 aromatic heterocycles. The van der Waals surface area contributed by atoms with Crippen molar-refractivity contribution in [3.05, 3.63) is 29.6 Å². The fraction of sp³-hybridized carbons (Fsp3) is 0.545. The van der Waals surface area contributed by atoms with Crippen LogP contribution in [0.15, 0.2) is 18.5 Å². The number of nitrogens with zero attached hydrogens (tertiary/aromatic N) is 1. The molecule has 1 heterocycles. The molecule has 0 aliphatic rings. The molecule has 0 amide bonds. The molecule has 0 aliphatic heterocycles. The van der Waals surface area contributed by atoms with E-state index in [0.29, 0.717) is 6.54 Å². The first-order valence-electron chi connectivity index (χ1n) is 5.22. The van der Waals surface area contributed by atoms with Crippen LogP contribution in [0.1, 0.15) is 24.1 Å². The highest BCUT2D eigenvalue weighted by Gasteiger charge is 2.09. The molecular weight excluding hydrogens is 224 g/mol. The van der Waals surface area contributed by atoms with E-state index in [9.17, 15) is 8.42 Å². The van der Waals surface area contributed by atoms with Crippen LogP contribution in [-0.4, -0.2) is 32.0 Å². The molecule has 5 heteroatoms. The van der Waals surface area contributed by atoms with Crippen LogP contribution < -0.4 is 5.32 Å². The van der Waals surface area contributed by atoms with Gasteiger partial charge in [-0.1, -0.05) is 0 Å². The second kappa shape index (κ2) is 5.41. The fourth-order valence-electron chi connectivity index (χ4n) is 1.50. The van der Waals surface area contributed by atoms with Crippen LogP contribution in [-0.2, 0) is 9.84 Å². The first kappa shape index (κ1) is 13.1. The predicted molar refractivity (Wildman–Crippen MR) is 65.1 cm³/mol. The van der Waals surface area contributed by atoms with Crippen LogP contribution in [0.2, 0.25) is 0 Å². The minimum absolute atomic E-state index is 0.121. The third kappa shape index (κ3) is 4.28. The van der Waals surface area contributed by atoms with E-state index in [1.807, 2.05) is 26.1 Å². The average molecular weight is 242 g/mol. The van der Waals surface area contributed by atoms with Gasteiger partial charge in [0.25, 0.3) is 0 Å². The second-order valence-corrected chi connectivity index (χ2v) is 6.30. The summed E-state index contributed by atoms with van der Waals surface area (Å²) in [4.78, 5) is 4.07. The van der Waals surface area contributed by atoms with Gasteiger partial charge in [0.2, 0.25) is 0 Å². The summed E-state index contributed by atoms with van der Waals surface area (Å²) in [6.45, 7) is 4.49. The topological polar surface area (TPSA) is 59.1 Å². The number of pyridine rings is 1. The van der Waals surface area contributed by atoms with Crippen LogP contribution in [0.25, 0.3) is 0 Å². The maximum atomic E-state index is 11.0. The summed E-state index contributed by atoms with van der Waals surface area (Å²) in [5.41, 5.74) is 2.27. The van der Waals surface area contributed by atoms with Crippen molar-refractivity contribution in [1.82, 2.24) is 10.3 Å². The number of aromatic nitrogens is 1. The molecule has 0 aliphatic carbocycles. The Morgan fingerprint density at radius 3 is 2.75 bits per heavy atom. The van der Waals surface area contributed by atoms with Crippen LogP contribution >= 0.6 is 0 Å². The Bertz CT molecular complexity index is 443. The maximum absolute atomic E-state index is 11.0. The number of rotatable bonds is 5. The minimum Gasteiger partial charge on any atom is -0.309 e. The molecular formula is C11H18N2O2S. The lowest BCUT2D eigenvalue weighted by Gasteiger charge is -2.15. The molecule has 0 radical (unpaired) electrons. The van der Waals surface area contributed by atoms with Crippen LogP contribution in [0.5, 0.6) is 0 Å². The van der Waals surface area contributed by atoms with Crippen LogP contribution in [0.4, 0.5) is 0 Å². The summed E-state index contributed by atoms with van der Waals surface area (Å²) in [6, 6.07) is 2.07. The summed E-state index contributed by atoms with van der Waals surface area (Å²) in [7, 11) is -2.89. The van der Waals surface area contributed by atoms with E-state index < -0.39 is 9.84 Å². The normalized spacial score (nSPS) is 13.7. The molecule has 1 unspecified atom stereocenters. The first-order valence-corrected chi connectivity index (χ1v) is 7.28. The predicted octanol–water partition coefficient (Wildman–Crippen LogP) is 1.09. The summed E-state index contributed by atoms with van der Waals surface area (Å²) in [5, 5.41) is 3.18. The van der Waals surface area contributed by atoms with E-state index in [1.54, 1.807) is 6.20 Å². The van der Waals surface area contributed by atoms with E-state index in [4.69, 9.17) is 0 Å². The number of aryl methyl sites for hydroxylation is 1. The van der Waals surface area contributed by atoms with E-state index in [1.165, 1.54) is 6.26 Å². The van der Waals surface area contributed by atoms with Gasteiger partial charge in [-0.25, -0.2) is 8.42 Å². The van der Waals surface area contributed by atoms with Gasteiger partial charge in [0, 0.05) is 31.2 Å². The Labute approximate surface area is 97.0 Å². The molecule has 1 aromatic rings. The Kier molecular flexibility index (Phi) is 4.44. The van der Waals surface area contributed by atoms with Crippen LogP contribution in [0.3, 0.4) is 0 Å². The second-order valence-electron chi connectivity index (χ2n) is 4.04. The standard InChI is InChI=1S/C11H18N2O2S/c1-9-4-5-12-8-11(9)10(2)13-6-7-16(3,14)15/h4-5,8,10,13H,6-7H2,1-3H3. The zero-order valence-corrected chi connectivity index (χ0v) is 10.7. The summed E-state index contributed by atoms with van der Waals surface area (Å²) < 4.78 is 21.9. The van der Waals surface area contributed by atoms with E-state index in [-0.39, 0.29) is 11.8 Å². The maximum Gasteiger partial charge on any atom is 0.148 e. The highest BCUT2D eigenvalue weighted by atomic mass is 32.2. The summed E-state index contributed by atoms with van der Waals surface area (Å²) in [6.07, 6.45) is 4.81. The van der Waals surface area contributed by atoms with Crippen molar-refractivity contribution < 1.29 is 8.42 Å². The largest absolute Gasteiger partial charge is 0.309 e. The monoisotopic (exact) mass is 242 g/mol. The number of sulfone groups is 1. The first-order chi connectivity index (χ1) is 7.40. The van der Waals surface area contributed by atoms with Gasteiger partial charge in [0.05, 0.1) is 5.75 Å². The Morgan fingerprint density at radius 2 is 2.19 bits per heavy atom. The van der Waals surface area contributed by atoms with Gasteiger partial charge in [-0.2, -0.15) is 0 Å². The molecule has 0 bridgehead atoms. The van der Waals surface area contributed by atoms with Crippen molar-refractivity contribution in [3.8, 4) is 0 Å². The van der Waals surface area contributed by atoms with Crippen molar-refractivity contribution >= 4 is 9.84 Å². The molecule has 0 aromatic carbocycles. The van der Waals surface area contributed by atoms with Crippen molar-refractivity contribution in [2.45, 2.75) is 19.9 Å². The molecule has 16 heavy (non-hydrogen) atoms. The third-order valence-corrected chi connectivity index (χ3v) is 3.42. The fourth-order valence-corrected chi connectivity index (χ4v) is 1.99. The Hall–Kier alpha value is -0.940. The molecule has 0 saturated carbocycles. The van der Waals surface area contributed by atoms with Gasteiger partial charge >= 0.3 is 0 Å². The van der Waals surface area contributed by atoms with Gasteiger partial charge in [0.15, 0.2) is 0 Å². The molecule has 0 spiro atoms. The van der Waals surface area contributed by atoms with Crippen molar-refractivity contribution in [2.75, 3.05) is 18.6 Å². The lowest BCUT2D eigenvalue weighted by atomic mass is 10.1. The molecule has 0 fully saturated rings. The molecule has 90 valence electrons. The van der Waals surface area contributed by atoms with Crippen molar-refractivity contribution in [1.29, 1.82) is 0 Å². The van der Waals surface area contributed by atoms with Crippen molar-refractivity contribution in [3.63, 3.8) is 0 Å². The van der Waals surface area contributed by atoms with Gasteiger partial charge in [-0.05, 0) is 31.0 Å².